The molecule has 5 nitrogen and oxygen atoms in total. The Morgan fingerprint density at radius 3 is 2.13 bits per heavy atom. The Balaban J connectivity index is 1.12. The molecule has 1 atom stereocenters. The van der Waals surface area contributed by atoms with Crippen LogP contribution in [0, 0.1) is 17.8 Å². The molecule has 3 N–H and O–H groups in total. The molecule has 1 aromatic carbocycles. The number of quaternary nitrogens is 2. The summed E-state index contributed by atoms with van der Waals surface area (Å²) < 4.78 is 5.26. The molecule has 164 valence electrons. The maximum atomic E-state index is 13.2. The molecular formula is C25H39N3O2+2. The van der Waals surface area contributed by atoms with Gasteiger partial charge in [0.2, 0.25) is 0 Å². The van der Waals surface area contributed by atoms with Gasteiger partial charge in [0.05, 0.1) is 7.11 Å². The summed E-state index contributed by atoms with van der Waals surface area (Å²) in [5, 5.41) is 3.61. The highest BCUT2D eigenvalue weighted by atomic mass is 16.5. The van der Waals surface area contributed by atoms with Crippen LogP contribution in [0.3, 0.4) is 0 Å². The van der Waals surface area contributed by atoms with Gasteiger partial charge in [-0.3, -0.25) is 4.79 Å². The molecule has 4 aliphatic carbocycles. The van der Waals surface area contributed by atoms with Crippen LogP contribution in [0.5, 0.6) is 5.75 Å². The minimum absolute atomic E-state index is 0.0699. The number of hydrogen-bond donors (Lipinski definition) is 3. The van der Waals surface area contributed by atoms with Gasteiger partial charge in [-0.2, -0.15) is 0 Å². The van der Waals surface area contributed by atoms with E-state index < -0.39 is 0 Å². The van der Waals surface area contributed by atoms with Crippen LogP contribution < -0.4 is 19.9 Å². The Labute approximate surface area is 181 Å². The summed E-state index contributed by atoms with van der Waals surface area (Å²) in [6.07, 6.45) is 8.00. The van der Waals surface area contributed by atoms with Crippen LogP contribution in [0.2, 0.25) is 0 Å². The first-order valence-electron chi connectivity index (χ1n) is 12.1. The zero-order valence-corrected chi connectivity index (χ0v) is 18.7. The highest BCUT2D eigenvalue weighted by Crippen LogP contribution is 2.55. The van der Waals surface area contributed by atoms with Crippen molar-refractivity contribution in [3.05, 3.63) is 29.8 Å². The zero-order valence-electron chi connectivity index (χ0n) is 18.7. The Hall–Kier alpha value is -1.59. The van der Waals surface area contributed by atoms with E-state index in [0.29, 0.717) is 5.91 Å². The molecule has 0 unspecified atom stereocenters. The number of methoxy groups -OCH3 is 1. The third kappa shape index (κ3) is 4.11. The van der Waals surface area contributed by atoms with Crippen LogP contribution in [0.15, 0.2) is 24.3 Å². The van der Waals surface area contributed by atoms with Gasteiger partial charge in [0.1, 0.15) is 38.5 Å². The van der Waals surface area contributed by atoms with Gasteiger partial charge in [-0.25, -0.2) is 0 Å². The monoisotopic (exact) mass is 413 g/mol. The van der Waals surface area contributed by atoms with Gasteiger partial charge in [-0.05, 0) is 87.5 Å². The summed E-state index contributed by atoms with van der Waals surface area (Å²) in [6, 6.07) is 8.51. The van der Waals surface area contributed by atoms with Crippen LogP contribution in [0.1, 0.15) is 51.0 Å². The largest absolute Gasteiger partial charge is 0.497 e. The van der Waals surface area contributed by atoms with Crippen molar-refractivity contribution in [1.82, 2.24) is 5.32 Å². The van der Waals surface area contributed by atoms with Crippen LogP contribution in [0.25, 0.3) is 0 Å². The molecule has 5 aliphatic rings. The number of rotatable bonds is 6. The molecule has 4 saturated carbocycles. The second-order valence-corrected chi connectivity index (χ2v) is 10.8. The molecule has 1 heterocycles. The highest BCUT2D eigenvalue weighted by molar-refractivity contribution is 5.80. The molecule has 1 aromatic rings. The fraction of sp³-hybridized carbons (Fsp3) is 0.720. The summed E-state index contributed by atoms with van der Waals surface area (Å²) in [4.78, 5) is 16.3. The minimum atomic E-state index is 0.0699. The molecule has 5 heteroatoms. The lowest BCUT2D eigenvalue weighted by Crippen LogP contribution is -3.29. The Kier molecular flexibility index (Phi) is 5.53. The molecule has 1 amide bonds. The van der Waals surface area contributed by atoms with Crippen molar-refractivity contribution in [3.63, 3.8) is 0 Å². The predicted molar refractivity (Wildman–Crippen MR) is 117 cm³/mol. The van der Waals surface area contributed by atoms with E-state index in [9.17, 15) is 4.79 Å². The van der Waals surface area contributed by atoms with Crippen molar-refractivity contribution in [2.45, 2.75) is 63.6 Å². The molecule has 0 aromatic heterocycles. The van der Waals surface area contributed by atoms with E-state index >= 15 is 0 Å². The average Bonchev–Trinajstić information content (AvgIpc) is 2.73. The van der Waals surface area contributed by atoms with Crippen molar-refractivity contribution in [2.75, 3.05) is 33.3 Å². The average molecular weight is 414 g/mol. The lowest BCUT2D eigenvalue weighted by molar-refractivity contribution is -1.02. The second kappa shape index (κ2) is 8.16. The van der Waals surface area contributed by atoms with E-state index in [4.69, 9.17) is 4.74 Å². The molecule has 0 spiro atoms. The number of carbonyl (C=O) groups is 1. The van der Waals surface area contributed by atoms with E-state index in [1.54, 1.807) is 12.0 Å². The van der Waals surface area contributed by atoms with Crippen LogP contribution >= 0.6 is 0 Å². The zero-order chi connectivity index (χ0) is 20.7. The molecular weight excluding hydrogens is 374 g/mol. The fourth-order valence-corrected chi connectivity index (χ4v) is 7.39. The first-order chi connectivity index (χ1) is 14.5. The van der Waals surface area contributed by atoms with E-state index in [1.807, 2.05) is 12.1 Å². The van der Waals surface area contributed by atoms with Crippen LogP contribution in [-0.2, 0) is 11.3 Å². The van der Waals surface area contributed by atoms with Crippen molar-refractivity contribution in [3.8, 4) is 5.75 Å². The summed E-state index contributed by atoms with van der Waals surface area (Å²) in [7, 11) is 1.71. The van der Waals surface area contributed by atoms with Crippen molar-refractivity contribution < 1.29 is 19.3 Å². The lowest BCUT2D eigenvalue weighted by Gasteiger charge is -2.57. The molecule has 30 heavy (non-hydrogen) atoms. The lowest BCUT2D eigenvalue weighted by atomic mass is 9.53. The number of nitrogens with one attached hydrogen (secondary N) is 3. The van der Waals surface area contributed by atoms with Gasteiger partial charge in [0.25, 0.3) is 5.91 Å². The van der Waals surface area contributed by atoms with Gasteiger partial charge in [-0.15, -0.1) is 0 Å². The molecule has 5 fully saturated rings. The fourth-order valence-electron chi connectivity index (χ4n) is 7.39. The summed E-state index contributed by atoms with van der Waals surface area (Å²) in [6.45, 7) is 7.65. The smallest absolute Gasteiger partial charge is 0.278 e. The topological polar surface area (TPSA) is 47.2 Å². The second-order valence-electron chi connectivity index (χ2n) is 10.8. The molecule has 6 rings (SSSR count). The number of benzene rings is 1. The number of amides is 1. The summed E-state index contributed by atoms with van der Waals surface area (Å²) >= 11 is 0. The number of ether oxygens (including phenoxy) is 1. The third-order valence-corrected chi connectivity index (χ3v) is 8.64. The SMILES string of the molecule is COc1ccc(C[NH+]2CC[NH+]([C@@H](C)C(=O)NC34CC5CC(CC(C5)C3)C4)CC2)cc1. The van der Waals surface area contributed by atoms with Gasteiger partial charge < -0.3 is 19.9 Å². The Bertz CT molecular complexity index is 719. The van der Waals surface area contributed by atoms with Crippen LogP contribution in [0.4, 0.5) is 0 Å². The maximum Gasteiger partial charge on any atom is 0.278 e. The van der Waals surface area contributed by atoms with E-state index in [0.717, 1.165) is 56.2 Å². The first-order valence-corrected chi connectivity index (χ1v) is 12.1. The van der Waals surface area contributed by atoms with Crippen molar-refractivity contribution in [1.29, 1.82) is 0 Å². The molecule has 1 aliphatic heterocycles. The minimum Gasteiger partial charge on any atom is -0.497 e. The standard InChI is InChI=1S/C25H37N3O2/c1-18(24(29)26-25-14-20-11-21(15-25)13-22(12-20)16-25)28-9-7-27(8-10-28)17-19-3-5-23(30-2)6-4-19/h3-6,18,20-22H,7-17H2,1-2H3,(H,26,29)/p+2/t18-,20?,21?,22?,25?/m0/s1. The highest BCUT2D eigenvalue weighted by Gasteiger charge is 2.52. The summed E-state index contributed by atoms with van der Waals surface area (Å²) in [5.74, 6) is 3.87. The van der Waals surface area contributed by atoms with Crippen molar-refractivity contribution >= 4 is 5.91 Å². The van der Waals surface area contributed by atoms with Crippen LogP contribution in [-0.4, -0.2) is 50.8 Å². The Morgan fingerprint density at radius 2 is 1.60 bits per heavy atom. The summed E-state index contributed by atoms with van der Waals surface area (Å²) in [5.41, 5.74) is 1.50. The number of hydrogen-bond acceptors (Lipinski definition) is 2. The normalized spacial score (nSPS) is 38.3. The van der Waals surface area contributed by atoms with Gasteiger partial charge >= 0.3 is 0 Å². The molecule has 0 radical (unpaired) electrons. The van der Waals surface area contributed by atoms with Gasteiger partial charge in [0.15, 0.2) is 6.04 Å². The number of carbonyl (C=O) groups excluding carboxylic acids is 1. The van der Waals surface area contributed by atoms with Gasteiger partial charge in [0, 0.05) is 11.1 Å². The molecule has 1 saturated heterocycles. The Morgan fingerprint density at radius 1 is 1.03 bits per heavy atom. The predicted octanol–water partition coefficient (Wildman–Crippen LogP) is 0.452. The van der Waals surface area contributed by atoms with E-state index in [2.05, 4.69) is 24.4 Å². The van der Waals surface area contributed by atoms with Crippen molar-refractivity contribution in [2.24, 2.45) is 17.8 Å². The third-order valence-electron chi connectivity index (χ3n) is 8.64. The van der Waals surface area contributed by atoms with Gasteiger partial charge in [-0.1, -0.05) is 0 Å². The number of piperazine rings is 1. The first kappa shape index (κ1) is 20.3. The van der Waals surface area contributed by atoms with E-state index in [1.165, 1.54) is 49.0 Å². The quantitative estimate of drug-likeness (QED) is 0.634. The molecule has 4 bridgehead atoms. The maximum absolute atomic E-state index is 13.2. The van der Waals surface area contributed by atoms with E-state index in [-0.39, 0.29) is 11.6 Å².